The third-order valence-electron chi connectivity index (χ3n) is 4.37. The van der Waals surface area contributed by atoms with Gasteiger partial charge in [0, 0.05) is 22.5 Å². The summed E-state index contributed by atoms with van der Waals surface area (Å²) in [6.45, 7) is 1.47. The van der Waals surface area contributed by atoms with Crippen LogP contribution >= 0.6 is 22.6 Å². The van der Waals surface area contributed by atoms with Crippen LogP contribution in [0.1, 0.15) is 34.0 Å². The number of Topliss-reactive ketones (excluding diaryl/α,β-unsaturated/α-hetero) is 1. The van der Waals surface area contributed by atoms with E-state index >= 15 is 0 Å². The molecule has 1 amide bonds. The number of hydrogen-bond donors (Lipinski definition) is 1. The van der Waals surface area contributed by atoms with Crippen LogP contribution in [0.2, 0.25) is 0 Å². The van der Waals surface area contributed by atoms with Crippen molar-refractivity contribution in [3.05, 3.63) is 92.1 Å². The van der Waals surface area contributed by atoms with Gasteiger partial charge in [0.2, 0.25) is 0 Å². The molecule has 0 saturated heterocycles. The molecular formula is C23H18F2INO3. The van der Waals surface area contributed by atoms with Crippen molar-refractivity contribution in [3.8, 4) is 11.5 Å². The Labute approximate surface area is 186 Å². The lowest BCUT2D eigenvalue weighted by Crippen LogP contribution is -2.16. The smallest absolute Gasteiger partial charge is 0.252 e. The molecule has 7 heteroatoms. The molecule has 0 unspecified atom stereocenters. The van der Waals surface area contributed by atoms with Gasteiger partial charge < -0.3 is 10.5 Å². The molecule has 0 atom stereocenters. The Bertz CT molecular complexity index is 1130. The summed E-state index contributed by atoms with van der Waals surface area (Å²) in [6, 6.07) is 13.6. The Morgan fingerprint density at radius 1 is 1.03 bits per heavy atom. The summed E-state index contributed by atoms with van der Waals surface area (Å²) in [5.41, 5.74) is 6.77. The zero-order chi connectivity index (χ0) is 21.8. The number of ether oxygens (including phenoxy) is 1. The van der Waals surface area contributed by atoms with E-state index in [1.54, 1.807) is 36.4 Å². The number of hydrogen-bond acceptors (Lipinski definition) is 3. The minimum atomic E-state index is -0.814. The number of benzene rings is 3. The molecule has 3 rings (SSSR count). The van der Waals surface area contributed by atoms with Gasteiger partial charge in [-0.3, -0.25) is 9.59 Å². The molecule has 0 aliphatic carbocycles. The summed E-state index contributed by atoms with van der Waals surface area (Å²) in [6.07, 6.45) is 0.194. The van der Waals surface area contributed by atoms with E-state index in [0.717, 1.165) is 21.3 Å². The van der Waals surface area contributed by atoms with Crippen molar-refractivity contribution in [2.45, 2.75) is 19.8 Å². The molecule has 2 N–H and O–H groups in total. The largest absolute Gasteiger partial charge is 0.456 e. The first kappa shape index (κ1) is 21.9. The fourth-order valence-corrected chi connectivity index (χ4v) is 3.59. The second-order valence-corrected chi connectivity index (χ2v) is 8.09. The van der Waals surface area contributed by atoms with Gasteiger partial charge in [0.15, 0.2) is 0 Å². The number of halogens is 3. The van der Waals surface area contributed by atoms with Crippen molar-refractivity contribution in [3.63, 3.8) is 0 Å². The van der Waals surface area contributed by atoms with Crippen LogP contribution in [0.25, 0.3) is 0 Å². The molecule has 3 aromatic rings. The van der Waals surface area contributed by atoms with Crippen LogP contribution < -0.4 is 10.5 Å². The second-order valence-electron chi connectivity index (χ2n) is 6.84. The first-order valence-corrected chi connectivity index (χ1v) is 10.1. The fourth-order valence-electron chi connectivity index (χ4n) is 3.14. The Morgan fingerprint density at radius 2 is 1.80 bits per heavy atom. The van der Waals surface area contributed by atoms with Crippen molar-refractivity contribution in [1.29, 1.82) is 0 Å². The summed E-state index contributed by atoms with van der Waals surface area (Å²) in [5, 5.41) is 0. The third kappa shape index (κ3) is 5.41. The van der Waals surface area contributed by atoms with Crippen LogP contribution in [0.4, 0.5) is 8.78 Å². The van der Waals surface area contributed by atoms with E-state index in [0.29, 0.717) is 11.3 Å². The maximum absolute atomic E-state index is 14.3. The molecule has 0 bridgehead atoms. The van der Waals surface area contributed by atoms with Crippen LogP contribution in [0, 0.1) is 15.2 Å². The Morgan fingerprint density at radius 3 is 2.47 bits per heavy atom. The molecule has 30 heavy (non-hydrogen) atoms. The molecule has 154 valence electrons. The van der Waals surface area contributed by atoms with E-state index in [1.165, 1.54) is 13.0 Å². The first-order chi connectivity index (χ1) is 14.2. The quantitative estimate of drug-likeness (QED) is 0.436. The highest BCUT2D eigenvalue weighted by Gasteiger charge is 2.19. The number of ketones is 1. The summed E-state index contributed by atoms with van der Waals surface area (Å²) < 4.78 is 35.1. The molecule has 0 aromatic heterocycles. The predicted octanol–water partition coefficient (Wildman–Crippen LogP) is 5.18. The molecule has 0 aliphatic rings. The van der Waals surface area contributed by atoms with Crippen LogP contribution in [-0.4, -0.2) is 11.7 Å². The van der Waals surface area contributed by atoms with Gasteiger partial charge in [-0.1, -0.05) is 18.2 Å². The van der Waals surface area contributed by atoms with Crippen LogP contribution in [-0.2, 0) is 17.6 Å². The van der Waals surface area contributed by atoms with E-state index in [2.05, 4.69) is 0 Å². The Kier molecular flexibility index (Phi) is 6.81. The summed E-state index contributed by atoms with van der Waals surface area (Å²) in [4.78, 5) is 23.5. The van der Waals surface area contributed by atoms with Crippen LogP contribution in [0.15, 0.2) is 54.6 Å². The Balaban J connectivity index is 2.01. The zero-order valence-corrected chi connectivity index (χ0v) is 18.2. The van der Waals surface area contributed by atoms with E-state index in [1.807, 2.05) is 22.6 Å². The average Bonchev–Trinajstić information content (AvgIpc) is 2.63. The average molecular weight is 521 g/mol. The number of carbonyl (C=O) groups excluding carboxylic acids is 2. The van der Waals surface area contributed by atoms with E-state index in [-0.39, 0.29) is 35.5 Å². The van der Waals surface area contributed by atoms with Gasteiger partial charge in [0.05, 0.1) is 5.56 Å². The van der Waals surface area contributed by atoms with Gasteiger partial charge in [-0.15, -0.1) is 0 Å². The molecular weight excluding hydrogens is 503 g/mol. The lowest BCUT2D eigenvalue weighted by atomic mass is 9.98. The lowest BCUT2D eigenvalue weighted by Gasteiger charge is -2.15. The van der Waals surface area contributed by atoms with Gasteiger partial charge in [0.1, 0.15) is 28.9 Å². The van der Waals surface area contributed by atoms with Gasteiger partial charge in [-0.2, -0.15) is 0 Å². The van der Waals surface area contributed by atoms with Gasteiger partial charge in [0.25, 0.3) is 5.91 Å². The lowest BCUT2D eigenvalue weighted by molar-refractivity contribution is -0.116. The highest BCUT2D eigenvalue weighted by Crippen LogP contribution is 2.31. The van der Waals surface area contributed by atoms with Gasteiger partial charge in [-0.25, -0.2) is 8.78 Å². The molecule has 0 heterocycles. The van der Waals surface area contributed by atoms with E-state index < -0.39 is 17.5 Å². The summed E-state index contributed by atoms with van der Waals surface area (Å²) in [7, 11) is 0. The molecule has 0 fully saturated rings. The van der Waals surface area contributed by atoms with Crippen molar-refractivity contribution < 1.29 is 23.1 Å². The summed E-state index contributed by atoms with van der Waals surface area (Å²) >= 11 is 1.99. The highest BCUT2D eigenvalue weighted by atomic mass is 127. The SMILES string of the molecule is CC(=O)Cc1cccc(Oc2cc(F)cc(Cc3ccc(I)cc3F)c2C(N)=O)c1. The van der Waals surface area contributed by atoms with E-state index in [4.69, 9.17) is 10.5 Å². The molecule has 0 aliphatic heterocycles. The number of carbonyl (C=O) groups is 2. The van der Waals surface area contributed by atoms with Crippen molar-refractivity contribution >= 4 is 34.3 Å². The second kappa shape index (κ2) is 9.34. The minimum absolute atomic E-state index is 0.0161. The standard InChI is InChI=1S/C23H18F2INO3/c1-13(28)7-14-3-2-4-19(8-14)30-21-11-17(24)10-16(22(21)23(27)29)9-15-5-6-18(26)12-20(15)25/h2-6,8,10-12H,7,9H2,1H3,(H2,27,29). The first-order valence-electron chi connectivity index (χ1n) is 9.05. The van der Waals surface area contributed by atoms with Gasteiger partial charge >= 0.3 is 0 Å². The van der Waals surface area contributed by atoms with Gasteiger partial charge in [-0.05, 0) is 76.5 Å². The molecule has 0 saturated carbocycles. The third-order valence-corrected chi connectivity index (χ3v) is 5.04. The van der Waals surface area contributed by atoms with Crippen LogP contribution in [0.3, 0.4) is 0 Å². The zero-order valence-electron chi connectivity index (χ0n) is 16.0. The molecule has 4 nitrogen and oxygen atoms in total. The number of primary amides is 1. The predicted molar refractivity (Wildman–Crippen MR) is 118 cm³/mol. The molecule has 0 spiro atoms. The van der Waals surface area contributed by atoms with E-state index in [9.17, 15) is 18.4 Å². The highest BCUT2D eigenvalue weighted by molar-refractivity contribution is 14.1. The van der Waals surface area contributed by atoms with Crippen molar-refractivity contribution in [2.24, 2.45) is 5.73 Å². The van der Waals surface area contributed by atoms with Crippen LogP contribution in [0.5, 0.6) is 11.5 Å². The maximum atomic E-state index is 14.3. The summed E-state index contributed by atoms with van der Waals surface area (Å²) in [5.74, 6) is -1.67. The normalized spacial score (nSPS) is 10.7. The molecule has 0 radical (unpaired) electrons. The fraction of sp³-hybridized carbons (Fsp3) is 0.130. The maximum Gasteiger partial charge on any atom is 0.252 e. The monoisotopic (exact) mass is 521 g/mol. The minimum Gasteiger partial charge on any atom is -0.456 e. The number of amides is 1. The number of rotatable bonds is 7. The number of nitrogens with two attached hydrogens (primary N) is 1. The van der Waals surface area contributed by atoms with Crippen molar-refractivity contribution in [2.75, 3.05) is 0 Å². The molecule has 3 aromatic carbocycles. The topological polar surface area (TPSA) is 69.4 Å². The van der Waals surface area contributed by atoms with Crippen molar-refractivity contribution in [1.82, 2.24) is 0 Å². The Hall–Kier alpha value is -2.81.